The van der Waals surface area contributed by atoms with Gasteiger partial charge >= 0.3 is 6.18 Å². The van der Waals surface area contributed by atoms with E-state index in [0.717, 1.165) is 30.4 Å². The van der Waals surface area contributed by atoms with Gasteiger partial charge in [0.1, 0.15) is 5.69 Å². The molecule has 2 saturated heterocycles. The van der Waals surface area contributed by atoms with Crippen LogP contribution in [-0.4, -0.2) is 45.3 Å². The molecule has 1 spiro atoms. The maximum atomic E-state index is 13.1. The first-order valence-corrected chi connectivity index (χ1v) is 10.5. The number of alkyl halides is 3. The third kappa shape index (κ3) is 3.34. The second kappa shape index (κ2) is 6.48. The van der Waals surface area contributed by atoms with Gasteiger partial charge in [0.05, 0.1) is 5.69 Å². The predicted octanol–water partition coefficient (Wildman–Crippen LogP) is 4.39. The van der Waals surface area contributed by atoms with Gasteiger partial charge in [-0.25, -0.2) is 0 Å². The lowest BCUT2D eigenvalue weighted by molar-refractivity contribution is -0.144. The molecule has 0 radical (unpaired) electrons. The molecule has 1 aromatic heterocycles. The Bertz CT molecular complexity index is 616. The molecule has 1 aliphatic carbocycles. The Morgan fingerprint density at radius 1 is 1.24 bits per heavy atom. The Labute approximate surface area is 151 Å². The lowest BCUT2D eigenvalue weighted by atomic mass is 9.83. The summed E-state index contributed by atoms with van der Waals surface area (Å²) in [4.78, 5) is 2.65. The van der Waals surface area contributed by atoms with Crippen molar-refractivity contribution in [3.05, 3.63) is 17.5 Å². The molecule has 25 heavy (non-hydrogen) atoms. The van der Waals surface area contributed by atoms with E-state index >= 15 is 0 Å². The second-order valence-electron chi connectivity index (χ2n) is 7.99. The number of hydrogen-bond acceptors (Lipinski definition) is 3. The monoisotopic (exact) mass is 373 g/mol. The number of hydrogen-bond donors (Lipinski definition) is 0. The van der Waals surface area contributed by atoms with Gasteiger partial charge in [-0.1, -0.05) is 0 Å². The highest BCUT2D eigenvalue weighted by Gasteiger charge is 2.45. The summed E-state index contributed by atoms with van der Waals surface area (Å²) in [5, 5.41) is 4.27. The minimum absolute atomic E-state index is 0.181. The number of rotatable bonds is 3. The van der Waals surface area contributed by atoms with Crippen molar-refractivity contribution in [2.24, 2.45) is 5.41 Å². The van der Waals surface area contributed by atoms with Crippen LogP contribution >= 0.6 is 11.8 Å². The molecule has 0 atom stereocenters. The molecule has 2 aliphatic heterocycles. The molecular formula is C18H26F3N3S. The van der Waals surface area contributed by atoms with E-state index in [1.54, 1.807) is 6.92 Å². The molecule has 140 valence electrons. The molecule has 1 aromatic rings. The summed E-state index contributed by atoms with van der Waals surface area (Å²) in [7, 11) is 0. The minimum Gasteiger partial charge on any atom is -0.300 e. The Kier molecular flexibility index (Phi) is 4.59. The summed E-state index contributed by atoms with van der Waals surface area (Å²) in [6.45, 7) is 4.42. The van der Waals surface area contributed by atoms with Gasteiger partial charge in [-0.3, -0.25) is 9.58 Å². The molecule has 3 nitrogen and oxygen atoms in total. The quantitative estimate of drug-likeness (QED) is 0.784. The molecule has 7 heteroatoms. The fourth-order valence-corrected chi connectivity index (χ4v) is 6.00. The van der Waals surface area contributed by atoms with E-state index in [-0.39, 0.29) is 12.5 Å². The number of aryl methyl sites for hydroxylation is 1. The molecule has 3 fully saturated rings. The Hall–Kier alpha value is -0.690. The van der Waals surface area contributed by atoms with Gasteiger partial charge in [0.25, 0.3) is 0 Å². The molecule has 3 aliphatic rings. The molecule has 0 amide bonds. The number of halogens is 3. The van der Waals surface area contributed by atoms with Crippen molar-refractivity contribution in [2.75, 3.05) is 24.6 Å². The zero-order valence-corrected chi connectivity index (χ0v) is 15.5. The molecule has 0 aromatic carbocycles. The van der Waals surface area contributed by atoms with Gasteiger partial charge in [0, 0.05) is 42.0 Å². The van der Waals surface area contributed by atoms with Crippen molar-refractivity contribution >= 4 is 11.8 Å². The maximum Gasteiger partial charge on any atom is 0.433 e. The van der Waals surface area contributed by atoms with E-state index in [0.29, 0.717) is 17.2 Å². The molecule has 0 unspecified atom stereocenters. The van der Waals surface area contributed by atoms with Crippen molar-refractivity contribution < 1.29 is 13.2 Å². The summed E-state index contributed by atoms with van der Waals surface area (Å²) in [6, 6.07) is 1.90. The normalized spacial score (nSPS) is 29.9. The third-order valence-electron chi connectivity index (χ3n) is 6.30. The van der Waals surface area contributed by atoms with Crippen molar-refractivity contribution in [1.82, 2.24) is 14.7 Å². The highest BCUT2D eigenvalue weighted by molar-refractivity contribution is 8.00. The van der Waals surface area contributed by atoms with Gasteiger partial charge in [-0.2, -0.15) is 30.0 Å². The van der Waals surface area contributed by atoms with Crippen LogP contribution in [0, 0.1) is 5.41 Å². The van der Waals surface area contributed by atoms with E-state index in [4.69, 9.17) is 0 Å². The van der Waals surface area contributed by atoms with E-state index in [1.807, 2.05) is 0 Å². The summed E-state index contributed by atoms with van der Waals surface area (Å²) in [6.07, 6.45) is 1.11. The minimum atomic E-state index is -4.32. The van der Waals surface area contributed by atoms with E-state index in [9.17, 15) is 13.2 Å². The Morgan fingerprint density at radius 3 is 2.44 bits per heavy atom. The van der Waals surface area contributed by atoms with E-state index < -0.39 is 11.9 Å². The molecule has 0 bridgehead atoms. The average Bonchev–Trinajstić information content (AvgIpc) is 3.19. The van der Waals surface area contributed by atoms with Gasteiger partial charge < -0.3 is 0 Å². The smallest absolute Gasteiger partial charge is 0.300 e. The highest BCUT2D eigenvalue weighted by atomic mass is 32.2. The maximum absolute atomic E-state index is 13.1. The summed E-state index contributed by atoms with van der Waals surface area (Å²) < 4.78 is 40.5. The van der Waals surface area contributed by atoms with Crippen LogP contribution in [0.2, 0.25) is 0 Å². The average molecular weight is 373 g/mol. The zero-order valence-electron chi connectivity index (χ0n) is 14.7. The first-order valence-electron chi connectivity index (χ1n) is 9.37. The van der Waals surface area contributed by atoms with Crippen LogP contribution in [0.25, 0.3) is 0 Å². The summed E-state index contributed by atoms with van der Waals surface area (Å²) in [5.41, 5.74) is 0.625. The molecule has 4 rings (SSSR count). The molecule has 1 saturated carbocycles. The van der Waals surface area contributed by atoms with Crippen LogP contribution in [-0.2, 0) is 12.7 Å². The molecule has 3 heterocycles. The number of aromatic nitrogens is 2. The first-order chi connectivity index (χ1) is 11.9. The van der Waals surface area contributed by atoms with E-state index in [1.165, 1.54) is 37.1 Å². The van der Waals surface area contributed by atoms with Crippen molar-refractivity contribution in [2.45, 2.75) is 63.7 Å². The molecular weight excluding hydrogens is 347 g/mol. The van der Waals surface area contributed by atoms with Gasteiger partial charge in [-0.05, 0) is 51.6 Å². The fourth-order valence-electron chi connectivity index (χ4n) is 4.75. The van der Waals surface area contributed by atoms with Crippen LogP contribution in [0.1, 0.15) is 56.3 Å². The Balaban J connectivity index is 1.38. The first kappa shape index (κ1) is 17.7. The van der Waals surface area contributed by atoms with Crippen molar-refractivity contribution in [3.8, 4) is 0 Å². The Morgan fingerprint density at radius 2 is 1.96 bits per heavy atom. The topological polar surface area (TPSA) is 21.1 Å². The number of likely N-dealkylation sites (tertiary alicyclic amines) is 1. The second-order valence-corrected chi connectivity index (χ2v) is 8.97. The van der Waals surface area contributed by atoms with Crippen LogP contribution in [0.3, 0.4) is 0 Å². The fraction of sp³-hybridized carbons (Fsp3) is 0.833. The van der Waals surface area contributed by atoms with Gasteiger partial charge in [0.15, 0.2) is 0 Å². The lowest BCUT2D eigenvalue weighted by Crippen LogP contribution is -2.42. The van der Waals surface area contributed by atoms with Crippen LogP contribution < -0.4 is 0 Å². The standard InChI is InChI=1S/C18H26F3N3S/c1-2-24-16(18(19,20)21)9-15(22-24)13-3-5-14(6-4-13)23-8-7-17(10-23)11-25-12-17/h9,13-14H,2-8,10-12H2,1H3. The van der Waals surface area contributed by atoms with Gasteiger partial charge in [0.2, 0.25) is 0 Å². The number of thioether (sulfide) groups is 1. The van der Waals surface area contributed by atoms with Crippen molar-refractivity contribution in [1.29, 1.82) is 0 Å². The lowest BCUT2D eigenvalue weighted by Gasteiger charge is -2.40. The third-order valence-corrected chi connectivity index (χ3v) is 7.94. The predicted molar refractivity (Wildman–Crippen MR) is 93.8 cm³/mol. The van der Waals surface area contributed by atoms with Crippen molar-refractivity contribution in [3.63, 3.8) is 0 Å². The zero-order chi connectivity index (χ0) is 17.7. The summed E-state index contributed by atoms with van der Waals surface area (Å²) >= 11 is 2.06. The van der Waals surface area contributed by atoms with Crippen LogP contribution in [0.4, 0.5) is 13.2 Å². The largest absolute Gasteiger partial charge is 0.433 e. The van der Waals surface area contributed by atoms with Crippen LogP contribution in [0.5, 0.6) is 0 Å². The highest BCUT2D eigenvalue weighted by Crippen LogP contribution is 2.47. The van der Waals surface area contributed by atoms with E-state index in [2.05, 4.69) is 21.8 Å². The van der Waals surface area contributed by atoms with Gasteiger partial charge in [-0.15, -0.1) is 0 Å². The SMILES string of the molecule is CCn1nc(C2CCC(N3CCC4(CSC4)C3)CC2)cc1C(F)(F)F. The summed E-state index contributed by atoms with van der Waals surface area (Å²) in [5.74, 6) is 2.81. The molecule has 0 N–H and O–H groups in total. The van der Waals surface area contributed by atoms with Crippen LogP contribution in [0.15, 0.2) is 6.07 Å². The number of nitrogens with zero attached hydrogens (tertiary/aromatic N) is 3.